The summed E-state index contributed by atoms with van der Waals surface area (Å²) in [6.07, 6.45) is -70.3. The van der Waals surface area contributed by atoms with Crippen LogP contribution in [0, 0.1) is 0 Å². The zero-order valence-corrected chi connectivity index (χ0v) is 18.0. The Kier molecular flexibility index (Phi) is 8.93. The molecular formula is C13F24O6. The summed E-state index contributed by atoms with van der Waals surface area (Å²) in [6.45, 7) is 0. The molecule has 0 aliphatic carbocycles. The zero-order chi connectivity index (χ0) is 35.1. The van der Waals surface area contributed by atoms with Crippen LogP contribution in [0.1, 0.15) is 0 Å². The lowest BCUT2D eigenvalue weighted by Gasteiger charge is -2.40. The van der Waals surface area contributed by atoms with E-state index >= 15 is 0 Å². The van der Waals surface area contributed by atoms with Gasteiger partial charge in [0.05, 0.1) is 0 Å². The number of carbonyl (C=O) groups is 1. The van der Waals surface area contributed by atoms with Crippen molar-refractivity contribution in [2.45, 2.75) is 72.7 Å². The van der Waals surface area contributed by atoms with E-state index in [1.165, 1.54) is 9.47 Å². The van der Waals surface area contributed by atoms with Crippen LogP contribution < -0.4 is 0 Å². The fourth-order valence-corrected chi connectivity index (χ4v) is 1.98. The number of rotatable bonds is 13. The van der Waals surface area contributed by atoms with Gasteiger partial charge in [0.2, 0.25) is 0 Å². The van der Waals surface area contributed by atoms with E-state index in [2.05, 4.69) is 4.74 Å². The maximum absolute atomic E-state index is 14.0. The van der Waals surface area contributed by atoms with Crippen LogP contribution in [0.3, 0.4) is 0 Å². The predicted molar refractivity (Wildman–Crippen MR) is 69.8 cm³/mol. The maximum Gasteiger partial charge on any atom is 0.458 e. The highest BCUT2D eigenvalue weighted by molar-refractivity contribution is 5.74. The summed E-state index contributed by atoms with van der Waals surface area (Å²) < 4.78 is 321. The van der Waals surface area contributed by atoms with Gasteiger partial charge in [0, 0.05) is 0 Å². The molecule has 256 valence electrons. The third-order valence-corrected chi connectivity index (χ3v) is 4.07. The number of hydrogen-bond acceptors (Lipinski definition) is 6. The second-order valence-electron chi connectivity index (χ2n) is 7.18. The van der Waals surface area contributed by atoms with Crippen molar-refractivity contribution in [2.75, 3.05) is 0 Å². The van der Waals surface area contributed by atoms with Crippen LogP contribution in [0.2, 0.25) is 0 Å². The van der Waals surface area contributed by atoms with Gasteiger partial charge in [-0.25, -0.2) is 9.47 Å². The Hall–Kier alpha value is -2.21. The van der Waals surface area contributed by atoms with E-state index in [-0.39, 0.29) is 0 Å². The molecule has 0 aromatic carbocycles. The summed E-state index contributed by atoms with van der Waals surface area (Å²) in [4.78, 5) is 9.74. The molecule has 6 nitrogen and oxygen atoms in total. The highest BCUT2D eigenvalue weighted by Gasteiger charge is 2.93. The van der Waals surface area contributed by atoms with E-state index in [1.54, 1.807) is 0 Å². The van der Waals surface area contributed by atoms with E-state index in [0.717, 1.165) is 9.47 Å². The van der Waals surface area contributed by atoms with Crippen molar-refractivity contribution in [3.8, 4) is 0 Å². The van der Waals surface area contributed by atoms with Crippen molar-refractivity contribution in [3.05, 3.63) is 0 Å². The molecule has 30 heteroatoms. The van der Waals surface area contributed by atoms with Gasteiger partial charge in [0.1, 0.15) is 0 Å². The molecule has 1 rings (SSSR count). The summed E-state index contributed by atoms with van der Waals surface area (Å²) in [6, 6.07) is -4.60. The molecule has 3 atom stereocenters. The van der Waals surface area contributed by atoms with E-state index < -0.39 is 78.7 Å². The molecule has 1 fully saturated rings. The molecule has 3 unspecified atom stereocenters. The quantitative estimate of drug-likeness (QED) is 0.119. The second-order valence-corrected chi connectivity index (χ2v) is 7.18. The first-order valence-corrected chi connectivity index (χ1v) is 8.78. The van der Waals surface area contributed by atoms with Crippen molar-refractivity contribution in [1.29, 1.82) is 0 Å². The molecule has 0 amide bonds. The minimum atomic E-state index is -8.52. The molecule has 0 radical (unpaired) electrons. The number of epoxide rings is 1. The normalized spacial score (nSPS) is 23.9. The largest absolute Gasteiger partial charge is 0.458 e. The minimum absolute atomic E-state index is 1.12. The smallest absolute Gasteiger partial charge is 0.263 e. The first-order valence-electron chi connectivity index (χ1n) is 8.78. The van der Waals surface area contributed by atoms with Crippen LogP contribution in [0.4, 0.5) is 105 Å². The molecule has 0 aromatic heterocycles. The number of ether oxygens (including phenoxy) is 5. The Morgan fingerprint density at radius 2 is 0.767 bits per heavy atom. The third-order valence-electron chi connectivity index (χ3n) is 4.07. The fourth-order valence-electron chi connectivity index (χ4n) is 1.98. The van der Waals surface area contributed by atoms with Crippen LogP contribution >= 0.6 is 0 Å². The Bertz CT molecular complexity index is 1070. The Morgan fingerprint density at radius 3 is 1.00 bits per heavy atom. The van der Waals surface area contributed by atoms with Crippen LogP contribution in [0.15, 0.2) is 0 Å². The molecule has 0 bridgehead atoms. The standard InChI is InChI=1S/C13F24O6/c14-1(38)2(15,16)39-8(26,27)3(17,6(20,21)22)40-12(34,35)13(36,37)41-4(18,7(23,24)25)9(28,29)43-11(32,33)5(19)10(30,31)42-5. The molecule has 0 saturated carbocycles. The zero-order valence-electron chi connectivity index (χ0n) is 18.0. The number of alkyl halides is 23. The molecular weight excluding hydrogens is 708 g/mol. The summed E-state index contributed by atoms with van der Waals surface area (Å²) in [5.41, 5.74) is 0. The minimum Gasteiger partial charge on any atom is -0.263 e. The molecule has 1 aliphatic heterocycles. The fraction of sp³-hybridized carbons (Fsp3) is 0.923. The monoisotopic (exact) mass is 708 g/mol. The first-order chi connectivity index (χ1) is 18.2. The molecule has 1 heterocycles. The summed E-state index contributed by atoms with van der Waals surface area (Å²) >= 11 is 0. The van der Waals surface area contributed by atoms with Crippen LogP contribution in [-0.4, -0.2) is 78.7 Å². The van der Waals surface area contributed by atoms with Crippen molar-refractivity contribution >= 4 is 6.04 Å². The Balaban J connectivity index is 3.65. The van der Waals surface area contributed by atoms with E-state index in [4.69, 9.17) is 0 Å². The molecule has 1 saturated heterocycles. The summed E-state index contributed by atoms with van der Waals surface area (Å²) in [7, 11) is 0. The van der Waals surface area contributed by atoms with Crippen LogP contribution in [-0.2, 0) is 28.5 Å². The summed E-state index contributed by atoms with van der Waals surface area (Å²) in [5, 5.41) is 0. The van der Waals surface area contributed by atoms with E-state index in [9.17, 15) is 110 Å². The van der Waals surface area contributed by atoms with Crippen molar-refractivity contribution in [1.82, 2.24) is 0 Å². The molecule has 43 heavy (non-hydrogen) atoms. The van der Waals surface area contributed by atoms with E-state index in [0.29, 0.717) is 0 Å². The van der Waals surface area contributed by atoms with Gasteiger partial charge in [-0.2, -0.15) is 105 Å². The summed E-state index contributed by atoms with van der Waals surface area (Å²) in [5.74, 6) is -23.2. The van der Waals surface area contributed by atoms with Crippen LogP contribution in [0.25, 0.3) is 0 Å². The molecule has 0 N–H and O–H groups in total. The topological polar surface area (TPSA) is 66.5 Å². The van der Waals surface area contributed by atoms with Gasteiger partial charge >= 0.3 is 78.7 Å². The van der Waals surface area contributed by atoms with Crippen molar-refractivity contribution in [2.24, 2.45) is 0 Å². The number of carbonyl (C=O) groups excluding carboxylic acids is 1. The lowest BCUT2D eigenvalue weighted by Crippen LogP contribution is -2.68. The average molecular weight is 708 g/mol. The predicted octanol–water partition coefficient (Wildman–Crippen LogP) is 6.85. The molecule has 0 aromatic rings. The van der Waals surface area contributed by atoms with Gasteiger partial charge in [-0.05, 0) is 0 Å². The van der Waals surface area contributed by atoms with Gasteiger partial charge in [-0.15, -0.1) is 0 Å². The van der Waals surface area contributed by atoms with Gasteiger partial charge in [-0.3, -0.25) is 19.0 Å². The third kappa shape index (κ3) is 6.32. The SMILES string of the molecule is O=C(F)C(F)(F)OC(F)(F)C(F)(OC(F)(F)C(F)(F)OC(F)(C(F)(F)F)C(F)(F)OC(F)(F)C1(F)OC1(F)F)C(F)(F)F. The highest BCUT2D eigenvalue weighted by Crippen LogP contribution is 2.63. The maximum atomic E-state index is 14.0. The molecule has 0 spiro atoms. The first kappa shape index (κ1) is 38.8. The van der Waals surface area contributed by atoms with Gasteiger partial charge in [-0.1, -0.05) is 0 Å². The Morgan fingerprint density at radius 1 is 0.488 bits per heavy atom. The second kappa shape index (κ2) is 9.89. The van der Waals surface area contributed by atoms with Crippen molar-refractivity contribution in [3.63, 3.8) is 0 Å². The lowest BCUT2D eigenvalue weighted by molar-refractivity contribution is -0.585. The average Bonchev–Trinajstić information content (AvgIpc) is 3.23. The van der Waals surface area contributed by atoms with Crippen molar-refractivity contribution < 1.29 is 134 Å². The lowest BCUT2D eigenvalue weighted by atomic mass is 10.2. The van der Waals surface area contributed by atoms with E-state index in [1.807, 2.05) is 0 Å². The molecule has 1 aliphatic rings. The van der Waals surface area contributed by atoms with Gasteiger partial charge in [0.15, 0.2) is 0 Å². The van der Waals surface area contributed by atoms with Gasteiger partial charge < -0.3 is 0 Å². The highest BCUT2D eigenvalue weighted by atomic mass is 19.4. The number of hydrogen-bond donors (Lipinski definition) is 0. The van der Waals surface area contributed by atoms with Gasteiger partial charge in [0.25, 0.3) is 0 Å². The van der Waals surface area contributed by atoms with Crippen LogP contribution in [0.5, 0.6) is 0 Å². The Labute approximate surface area is 214 Å². The number of halogens is 24.